The predicted octanol–water partition coefficient (Wildman–Crippen LogP) is 3.51. The Morgan fingerprint density at radius 2 is 1.77 bits per heavy atom. The number of nitrogens with one attached hydrogen (secondary N) is 1. The molecule has 154 valence electrons. The van der Waals surface area contributed by atoms with Crippen molar-refractivity contribution >= 4 is 11.8 Å². The first-order valence-corrected chi connectivity index (χ1v) is 10.3. The number of amides is 2. The summed E-state index contributed by atoms with van der Waals surface area (Å²) in [4.78, 5) is 27.2. The molecule has 1 saturated heterocycles. The molecule has 0 atom stereocenters. The lowest BCUT2D eigenvalue weighted by atomic mass is 10.0. The minimum absolute atomic E-state index is 0.00166. The van der Waals surface area contributed by atoms with Gasteiger partial charge in [0, 0.05) is 24.8 Å². The van der Waals surface area contributed by atoms with E-state index >= 15 is 0 Å². The van der Waals surface area contributed by atoms with Gasteiger partial charge in [0.15, 0.2) is 0 Å². The van der Waals surface area contributed by atoms with E-state index in [0.29, 0.717) is 11.3 Å². The lowest BCUT2D eigenvalue weighted by Crippen LogP contribution is -2.38. The van der Waals surface area contributed by atoms with Crippen molar-refractivity contribution in [1.29, 1.82) is 0 Å². The second-order valence-corrected chi connectivity index (χ2v) is 7.76. The summed E-state index contributed by atoms with van der Waals surface area (Å²) in [6, 6.07) is 15.8. The number of nitrogens with zero attached hydrogens (tertiary/aromatic N) is 3. The Balaban J connectivity index is 1.65. The molecule has 1 aliphatic heterocycles. The molecule has 0 unspecified atom stereocenters. The Bertz CT molecular complexity index is 1070. The highest BCUT2D eigenvalue weighted by atomic mass is 16.2. The molecule has 6 heteroatoms. The number of carbonyl (C=O) groups excluding carboxylic acids is 2. The predicted molar refractivity (Wildman–Crippen MR) is 117 cm³/mol. The van der Waals surface area contributed by atoms with E-state index in [0.717, 1.165) is 48.3 Å². The molecule has 1 fully saturated rings. The molecule has 0 spiro atoms. The van der Waals surface area contributed by atoms with Crippen LogP contribution in [0.4, 0.5) is 0 Å². The number of para-hydroxylation sites is 1. The van der Waals surface area contributed by atoms with Gasteiger partial charge in [0.25, 0.3) is 5.91 Å². The number of hydrogen-bond acceptors (Lipinski definition) is 3. The third-order valence-electron chi connectivity index (χ3n) is 5.48. The van der Waals surface area contributed by atoms with Crippen molar-refractivity contribution in [1.82, 2.24) is 20.0 Å². The van der Waals surface area contributed by atoms with Crippen molar-refractivity contribution in [3.05, 3.63) is 71.4 Å². The third kappa shape index (κ3) is 4.13. The highest BCUT2D eigenvalue weighted by Crippen LogP contribution is 2.27. The molecule has 0 bridgehead atoms. The van der Waals surface area contributed by atoms with E-state index in [-0.39, 0.29) is 18.4 Å². The van der Waals surface area contributed by atoms with E-state index in [4.69, 9.17) is 5.10 Å². The molecule has 30 heavy (non-hydrogen) atoms. The largest absolute Gasteiger partial charge is 0.343 e. The molecule has 0 radical (unpaired) electrons. The normalized spacial score (nSPS) is 13.5. The van der Waals surface area contributed by atoms with Crippen LogP contribution in [-0.4, -0.2) is 46.1 Å². The van der Waals surface area contributed by atoms with Gasteiger partial charge in [0.05, 0.1) is 17.8 Å². The molecule has 1 aromatic heterocycles. The summed E-state index contributed by atoms with van der Waals surface area (Å²) in [6.45, 7) is 5.60. The van der Waals surface area contributed by atoms with Crippen LogP contribution in [0.15, 0.2) is 54.7 Å². The van der Waals surface area contributed by atoms with Gasteiger partial charge in [-0.15, -0.1) is 0 Å². The fourth-order valence-electron chi connectivity index (χ4n) is 3.86. The molecule has 2 aromatic carbocycles. The smallest absolute Gasteiger partial charge is 0.255 e. The zero-order chi connectivity index (χ0) is 21.1. The zero-order valence-electron chi connectivity index (χ0n) is 17.4. The van der Waals surface area contributed by atoms with Crippen LogP contribution in [0.2, 0.25) is 0 Å². The van der Waals surface area contributed by atoms with E-state index in [9.17, 15) is 9.59 Å². The average molecular weight is 402 g/mol. The topological polar surface area (TPSA) is 67.2 Å². The molecule has 2 heterocycles. The number of likely N-dealkylation sites (tertiary alicyclic amines) is 1. The van der Waals surface area contributed by atoms with Crippen LogP contribution < -0.4 is 5.32 Å². The van der Waals surface area contributed by atoms with Crippen LogP contribution in [0.1, 0.15) is 34.3 Å². The Morgan fingerprint density at radius 1 is 1.03 bits per heavy atom. The van der Waals surface area contributed by atoms with E-state index in [1.54, 1.807) is 15.8 Å². The Hall–Kier alpha value is -3.41. The molecule has 6 nitrogen and oxygen atoms in total. The first kappa shape index (κ1) is 19.9. The average Bonchev–Trinajstić information content (AvgIpc) is 3.43. The summed E-state index contributed by atoms with van der Waals surface area (Å²) in [6.07, 6.45) is 3.79. The number of aromatic nitrogens is 2. The van der Waals surface area contributed by atoms with Gasteiger partial charge in [0.1, 0.15) is 5.69 Å². The van der Waals surface area contributed by atoms with E-state index in [1.807, 2.05) is 56.3 Å². The number of rotatable bonds is 5. The van der Waals surface area contributed by atoms with Gasteiger partial charge in [-0.05, 0) is 44.4 Å². The number of carbonyl (C=O) groups is 2. The van der Waals surface area contributed by atoms with Crippen molar-refractivity contribution in [3.63, 3.8) is 0 Å². The van der Waals surface area contributed by atoms with E-state index in [1.165, 1.54) is 0 Å². The molecular weight excluding hydrogens is 376 g/mol. The highest BCUT2D eigenvalue weighted by molar-refractivity contribution is 6.01. The minimum atomic E-state index is -0.292. The van der Waals surface area contributed by atoms with Gasteiger partial charge in [-0.1, -0.05) is 42.0 Å². The Labute approximate surface area is 176 Å². The standard InChI is InChI=1S/C24H26N4O2/c1-17-10-11-20(18(2)14-17)23-21(16-28(26-23)19-8-4-3-5-9-19)24(30)25-15-22(29)27-12-6-7-13-27/h3-5,8-11,14,16H,6-7,12-13,15H2,1-2H3,(H,25,30). The quantitative estimate of drug-likeness (QED) is 0.710. The lowest BCUT2D eigenvalue weighted by molar-refractivity contribution is -0.129. The fraction of sp³-hybridized carbons (Fsp3) is 0.292. The number of hydrogen-bond donors (Lipinski definition) is 1. The van der Waals surface area contributed by atoms with Crippen molar-refractivity contribution in [2.45, 2.75) is 26.7 Å². The zero-order valence-corrected chi connectivity index (χ0v) is 17.4. The Morgan fingerprint density at radius 3 is 2.47 bits per heavy atom. The molecule has 0 saturated carbocycles. The highest BCUT2D eigenvalue weighted by Gasteiger charge is 2.22. The Kier molecular flexibility index (Phi) is 5.65. The van der Waals surface area contributed by atoms with Crippen LogP contribution in [0.25, 0.3) is 16.9 Å². The van der Waals surface area contributed by atoms with Crippen LogP contribution in [-0.2, 0) is 4.79 Å². The molecule has 3 aromatic rings. The van der Waals surface area contributed by atoms with Crippen LogP contribution in [0, 0.1) is 13.8 Å². The van der Waals surface area contributed by atoms with Crippen molar-refractivity contribution in [2.75, 3.05) is 19.6 Å². The summed E-state index contributed by atoms with van der Waals surface area (Å²) < 4.78 is 1.71. The van der Waals surface area contributed by atoms with Gasteiger partial charge >= 0.3 is 0 Å². The molecule has 1 N–H and O–H groups in total. The maximum Gasteiger partial charge on any atom is 0.255 e. The summed E-state index contributed by atoms with van der Waals surface area (Å²) in [7, 11) is 0. The van der Waals surface area contributed by atoms with Gasteiger partial charge in [-0.25, -0.2) is 4.68 Å². The fourth-order valence-corrected chi connectivity index (χ4v) is 3.86. The second kappa shape index (κ2) is 8.53. The molecule has 0 aliphatic carbocycles. The van der Waals surface area contributed by atoms with Crippen LogP contribution >= 0.6 is 0 Å². The van der Waals surface area contributed by atoms with Gasteiger partial charge < -0.3 is 10.2 Å². The summed E-state index contributed by atoms with van der Waals surface area (Å²) in [5.41, 5.74) is 5.06. The summed E-state index contributed by atoms with van der Waals surface area (Å²) >= 11 is 0. The number of aryl methyl sites for hydroxylation is 2. The molecular formula is C24H26N4O2. The maximum atomic E-state index is 13.0. The maximum absolute atomic E-state index is 13.0. The molecule has 2 amide bonds. The van der Waals surface area contributed by atoms with Crippen molar-refractivity contribution < 1.29 is 9.59 Å². The molecule has 1 aliphatic rings. The lowest BCUT2D eigenvalue weighted by Gasteiger charge is -2.15. The monoisotopic (exact) mass is 402 g/mol. The van der Waals surface area contributed by atoms with Gasteiger partial charge in [-0.3, -0.25) is 9.59 Å². The van der Waals surface area contributed by atoms with Crippen LogP contribution in [0.5, 0.6) is 0 Å². The van der Waals surface area contributed by atoms with Gasteiger partial charge in [-0.2, -0.15) is 5.10 Å². The first-order chi connectivity index (χ1) is 14.5. The first-order valence-electron chi connectivity index (χ1n) is 10.3. The van der Waals surface area contributed by atoms with Crippen molar-refractivity contribution in [2.24, 2.45) is 0 Å². The van der Waals surface area contributed by atoms with Gasteiger partial charge in [0.2, 0.25) is 5.91 Å². The van der Waals surface area contributed by atoms with Crippen LogP contribution in [0.3, 0.4) is 0 Å². The third-order valence-corrected chi connectivity index (χ3v) is 5.48. The van der Waals surface area contributed by atoms with E-state index in [2.05, 4.69) is 11.4 Å². The summed E-state index contributed by atoms with van der Waals surface area (Å²) in [5, 5.41) is 7.53. The SMILES string of the molecule is Cc1ccc(-c2nn(-c3ccccc3)cc2C(=O)NCC(=O)N2CCCC2)c(C)c1. The number of benzene rings is 2. The van der Waals surface area contributed by atoms with E-state index < -0.39 is 0 Å². The van der Waals surface area contributed by atoms with Crippen molar-refractivity contribution in [3.8, 4) is 16.9 Å². The summed E-state index contributed by atoms with van der Waals surface area (Å²) in [5.74, 6) is -0.330. The molecule has 4 rings (SSSR count). The second-order valence-electron chi connectivity index (χ2n) is 7.76. The minimum Gasteiger partial charge on any atom is -0.343 e.